The maximum Gasteiger partial charge on any atom is 0.274 e. The number of carbonyl (C=O) groups excluding carboxylic acids is 2. The Morgan fingerprint density at radius 2 is 1.81 bits per heavy atom. The van der Waals surface area contributed by atoms with Crippen molar-refractivity contribution in [1.82, 2.24) is 20.1 Å². The van der Waals surface area contributed by atoms with Gasteiger partial charge in [-0.05, 0) is 37.3 Å². The van der Waals surface area contributed by atoms with E-state index in [1.54, 1.807) is 49.5 Å². The van der Waals surface area contributed by atoms with Gasteiger partial charge in [-0.1, -0.05) is 29.3 Å². The summed E-state index contributed by atoms with van der Waals surface area (Å²) in [6.45, 7) is 1.75. The van der Waals surface area contributed by atoms with Crippen LogP contribution in [0.15, 0.2) is 42.6 Å². The Bertz CT molecular complexity index is 1030. The summed E-state index contributed by atoms with van der Waals surface area (Å²) in [7, 11) is 1.50. The third kappa shape index (κ3) is 3.79. The Kier molecular flexibility index (Phi) is 5.43. The third-order valence-corrected chi connectivity index (χ3v) is 4.34. The lowest BCUT2D eigenvalue weighted by Gasteiger charge is -2.13. The zero-order valence-electron chi connectivity index (χ0n) is 14.5. The van der Waals surface area contributed by atoms with E-state index in [4.69, 9.17) is 23.2 Å². The second kappa shape index (κ2) is 7.77. The molecule has 2 N–H and O–H groups in total. The first-order valence-electron chi connectivity index (χ1n) is 7.92. The minimum atomic E-state index is -0.504. The maximum absolute atomic E-state index is 12.9. The number of anilines is 1. The van der Waals surface area contributed by atoms with E-state index in [2.05, 4.69) is 20.7 Å². The van der Waals surface area contributed by atoms with Gasteiger partial charge in [-0.15, -0.1) is 0 Å². The zero-order valence-corrected chi connectivity index (χ0v) is 16.0. The van der Waals surface area contributed by atoms with Crippen molar-refractivity contribution in [3.63, 3.8) is 0 Å². The van der Waals surface area contributed by atoms with Crippen molar-refractivity contribution in [2.75, 3.05) is 12.4 Å². The molecule has 0 aliphatic carbocycles. The number of rotatable bonds is 4. The van der Waals surface area contributed by atoms with Gasteiger partial charge in [0.1, 0.15) is 5.69 Å². The molecule has 7 nitrogen and oxygen atoms in total. The molecule has 0 fully saturated rings. The monoisotopic (exact) mass is 403 g/mol. The Labute approximate surface area is 165 Å². The first-order chi connectivity index (χ1) is 12.9. The van der Waals surface area contributed by atoms with Gasteiger partial charge in [-0.2, -0.15) is 5.10 Å². The average molecular weight is 404 g/mol. The summed E-state index contributed by atoms with van der Waals surface area (Å²) in [6, 6.07) is 9.71. The number of nitrogens with zero attached hydrogens (tertiary/aromatic N) is 3. The second-order valence-corrected chi connectivity index (χ2v) is 6.40. The van der Waals surface area contributed by atoms with Crippen molar-refractivity contribution in [2.45, 2.75) is 6.92 Å². The lowest BCUT2D eigenvalue weighted by atomic mass is 10.1. The number of pyridine rings is 1. The highest BCUT2D eigenvalue weighted by molar-refractivity contribution is 6.35. The van der Waals surface area contributed by atoms with Crippen LogP contribution >= 0.6 is 23.2 Å². The summed E-state index contributed by atoms with van der Waals surface area (Å²) in [4.78, 5) is 29.2. The van der Waals surface area contributed by atoms with Crippen molar-refractivity contribution in [3.8, 4) is 5.82 Å². The van der Waals surface area contributed by atoms with Gasteiger partial charge in [0, 0.05) is 13.2 Å². The molecule has 0 unspecified atom stereocenters. The van der Waals surface area contributed by atoms with Crippen LogP contribution in [-0.2, 0) is 0 Å². The van der Waals surface area contributed by atoms with E-state index in [1.165, 1.54) is 11.7 Å². The summed E-state index contributed by atoms with van der Waals surface area (Å²) in [5.74, 6) is -0.552. The summed E-state index contributed by atoms with van der Waals surface area (Å²) >= 11 is 12.4. The lowest BCUT2D eigenvalue weighted by molar-refractivity contribution is 0.0964. The molecule has 3 aromatic rings. The fraction of sp³-hybridized carbons (Fsp3) is 0.111. The molecule has 0 aliphatic heterocycles. The molecule has 2 heterocycles. The fourth-order valence-corrected chi connectivity index (χ4v) is 2.93. The molecule has 27 heavy (non-hydrogen) atoms. The standard InChI is InChI=1S/C18H15Cl2N5O2/c1-10-9-14(25(24-10)16-13(20)7-4-8-22-16)18(27)23-15-11(17(26)21-2)5-3-6-12(15)19/h3-9H,1-2H3,(H,21,26)(H,23,27). The van der Waals surface area contributed by atoms with Crippen LogP contribution < -0.4 is 10.6 Å². The van der Waals surface area contributed by atoms with Crippen LogP contribution in [-0.4, -0.2) is 33.6 Å². The number of para-hydroxylation sites is 1. The van der Waals surface area contributed by atoms with E-state index in [1.807, 2.05) is 0 Å². The number of hydrogen-bond acceptors (Lipinski definition) is 4. The van der Waals surface area contributed by atoms with Crippen molar-refractivity contribution >= 4 is 40.7 Å². The Hall–Kier alpha value is -2.90. The van der Waals surface area contributed by atoms with E-state index in [-0.39, 0.29) is 27.9 Å². The SMILES string of the molecule is CNC(=O)c1cccc(Cl)c1NC(=O)c1cc(C)nn1-c1ncccc1Cl. The van der Waals surface area contributed by atoms with Gasteiger partial charge in [0.15, 0.2) is 5.82 Å². The average Bonchev–Trinajstić information content (AvgIpc) is 3.04. The van der Waals surface area contributed by atoms with E-state index in [0.29, 0.717) is 16.5 Å². The van der Waals surface area contributed by atoms with Crippen molar-refractivity contribution in [2.24, 2.45) is 0 Å². The molecule has 9 heteroatoms. The van der Waals surface area contributed by atoms with Gasteiger partial charge in [-0.3, -0.25) is 9.59 Å². The van der Waals surface area contributed by atoms with Crippen LogP contribution in [0.25, 0.3) is 5.82 Å². The van der Waals surface area contributed by atoms with E-state index in [0.717, 1.165) is 0 Å². The molecule has 1 aromatic carbocycles. The molecular weight excluding hydrogens is 389 g/mol. The number of carbonyl (C=O) groups is 2. The molecule has 138 valence electrons. The highest BCUT2D eigenvalue weighted by Gasteiger charge is 2.21. The molecule has 0 saturated heterocycles. The predicted molar refractivity (Wildman–Crippen MR) is 104 cm³/mol. The molecule has 0 atom stereocenters. The predicted octanol–water partition coefficient (Wildman–Crippen LogP) is 3.49. The van der Waals surface area contributed by atoms with E-state index in [9.17, 15) is 9.59 Å². The number of amides is 2. The fourth-order valence-electron chi connectivity index (χ4n) is 2.51. The molecule has 0 bridgehead atoms. The van der Waals surface area contributed by atoms with Crippen LogP contribution in [0.2, 0.25) is 10.0 Å². The Morgan fingerprint density at radius 3 is 2.52 bits per heavy atom. The van der Waals surface area contributed by atoms with Crippen molar-refractivity contribution in [1.29, 1.82) is 0 Å². The summed E-state index contributed by atoms with van der Waals surface area (Å²) in [5.41, 5.74) is 1.27. The van der Waals surface area contributed by atoms with Gasteiger partial charge in [-0.25, -0.2) is 9.67 Å². The smallest absolute Gasteiger partial charge is 0.274 e. The topological polar surface area (TPSA) is 88.9 Å². The molecule has 0 aliphatic rings. The first kappa shape index (κ1) is 18.9. The molecule has 0 radical (unpaired) electrons. The van der Waals surface area contributed by atoms with E-state index < -0.39 is 5.91 Å². The first-order valence-corrected chi connectivity index (χ1v) is 8.67. The van der Waals surface area contributed by atoms with Crippen molar-refractivity contribution in [3.05, 3.63) is 69.6 Å². The number of aryl methyl sites for hydroxylation is 1. The molecule has 2 aromatic heterocycles. The lowest BCUT2D eigenvalue weighted by Crippen LogP contribution is -2.23. The van der Waals surface area contributed by atoms with Crippen molar-refractivity contribution < 1.29 is 9.59 Å². The Balaban J connectivity index is 2.03. The quantitative estimate of drug-likeness (QED) is 0.697. The van der Waals surface area contributed by atoms with Crippen LogP contribution in [0, 0.1) is 6.92 Å². The summed E-state index contributed by atoms with van der Waals surface area (Å²) in [5, 5.41) is 10.1. The largest absolute Gasteiger partial charge is 0.355 e. The molecule has 2 amide bonds. The highest BCUT2D eigenvalue weighted by Crippen LogP contribution is 2.27. The minimum absolute atomic E-state index is 0.205. The zero-order chi connectivity index (χ0) is 19.6. The van der Waals surface area contributed by atoms with Gasteiger partial charge in [0.25, 0.3) is 11.8 Å². The molecule has 0 saturated carbocycles. The summed E-state index contributed by atoms with van der Waals surface area (Å²) in [6.07, 6.45) is 1.55. The van der Waals surface area contributed by atoms with Crippen LogP contribution in [0.1, 0.15) is 26.5 Å². The van der Waals surface area contributed by atoms with Crippen LogP contribution in [0.4, 0.5) is 5.69 Å². The molecule has 0 spiro atoms. The van der Waals surface area contributed by atoms with Gasteiger partial charge in [0.2, 0.25) is 0 Å². The number of hydrogen-bond donors (Lipinski definition) is 2. The normalized spacial score (nSPS) is 10.5. The van der Waals surface area contributed by atoms with Gasteiger partial charge < -0.3 is 10.6 Å². The maximum atomic E-state index is 12.9. The van der Waals surface area contributed by atoms with Gasteiger partial charge >= 0.3 is 0 Å². The summed E-state index contributed by atoms with van der Waals surface area (Å²) < 4.78 is 1.35. The minimum Gasteiger partial charge on any atom is -0.355 e. The molecular formula is C18H15Cl2N5O2. The third-order valence-electron chi connectivity index (χ3n) is 3.73. The second-order valence-electron chi connectivity index (χ2n) is 5.59. The Morgan fingerprint density at radius 1 is 1.07 bits per heavy atom. The van der Waals surface area contributed by atoms with Gasteiger partial charge in [0.05, 0.1) is 27.0 Å². The number of halogens is 2. The number of aromatic nitrogens is 3. The highest BCUT2D eigenvalue weighted by atomic mass is 35.5. The number of benzene rings is 1. The van der Waals surface area contributed by atoms with E-state index >= 15 is 0 Å². The molecule has 3 rings (SSSR count). The van der Waals surface area contributed by atoms with Crippen LogP contribution in [0.5, 0.6) is 0 Å². The van der Waals surface area contributed by atoms with Crippen LogP contribution in [0.3, 0.4) is 0 Å². The number of nitrogens with one attached hydrogen (secondary N) is 2.